The van der Waals surface area contributed by atoms with E-state index in [-0.39, 0.29) is 0 Å². The Morgan fingerprint density at radius 3 is 2.85 bits per heavy atom. The van der Waals surface area contributed by atoms with Crippen molar-refractivity contribution in [2.75, 3.05) is 0 Å². The van der Waals surface area contributed by atoms with Gasteiger partial charge in [0.1, 0.15) is 0 Å². The van der Waals surface area contributed by atoms with Crippen molar-refractivity contribution in [2.45, 2.75) is 19.6 Å². The van der Waals surface area contributed by atoms with Gasteiger partial charge in [-0.1, -0.05) is 31.8 Å². The standard InChI is InChI=1S/C10H13N2Si/c1-13(2,3)12-8-11-9-6-4-5-7-10(9)12/h4-5,7-8H,1-3H3. The van der Waals surface area contributed by atoms with Crippen LogP contribution >= 0.6 is 0 Å². The van der Waals surface area contributed by atoms with Crippen LogP contribution in [0.25, 0.3) is 11.0 Å². The predicted molar refractivity (Wildman–Crippen MR) is 57.3 cm³/mol. The second-order valence-corrected chi connectivity index (χ2v) is 9.01. The van der Waals surface area contributed by atoms with Gasteiger partial charge in [-0.3, -0.25) is 0 Å². The van der Waals surface area contributed by atoms with Crippen molar-refractivity contribution in [2.24, 2.45) is 0 Å². The monoisotopic (exact) mass is 189 g/mol. The number of nitrogens with zero attached hydrogens (tertiary/aromatic N) is 2. The highest BCUT2D eigenvalue weighted by atomic mass is 28.3. The van der Waals surface area contributed by atoms with Crippen molar-refractivity contribution in [1.82, 2.24) is 9.22 Å². The molecular weight excluding hydrogens is 176 g/mol. The van der Waals surface area contributed by atoms with E-state index in [1.54, 1.807) is 0 Å². The Hall–Kier alpha value is -1.09. The molecule has 0 N–H and O–H groups in total. The summed E-state index contributed by atoms with van der Waals surface area (Å²) in [5.41, 5.74) is 2.19. The second kappa shape index (κ2) is 2.70. The van der Waals surface area contributed by atoms with Gasteiger partial charge in [0.2, 0.25) is 0 Å². The Balaban J connectivity index is 2.72. The summed E-state index contributed by atoms with van der Waals surface area (Å²) in [5.74, 6) is 0. The molecule has 0 fully saturated rings. The SMILES string of the molecule is C[Si](C)(C)n1cnc2[c]cccc21. The fourth-order valence-corrected chi connectivity index (χ4v) is 2.74. The maximum absolute atomic E-state index is 4.33. The number of imidazole rings is 1. The van der Waals surface area contributed by atoms with E-state index in [1.807, 2.05) is 18.5 Å². The fourth-order valence-electron chi connectivity index (χ4n) is 1.43. The first-order chi connectivity index (χ1) is 6.09. The lowest BCUT2D eigenvalue weighted by Crippen LogP contribution is -2.30. The van der Waals surface area contributed by atoms with Gasteiger partial charge in [-0.25, -0.2) is 4.98 Å². The molecule has 2 rings (SSSR count). The summed E-state index contributed by atoms with van der Waals surface area (Å²) in [6.45, 7) is 6.92. The van der Waals surface area contributed by atoms with Crippen molar-refractivity contribution >= 4 is 19.3 Å². The number of rotatable bonds is 1. The highest BCUT2D eigenvalue weighted by Gasteiger charge is 2.18. The van der Waals surface area contributed by atoms with Crippen molar-refractivity contribution in [3.63, 3.8) is 0 Å². The maximum Gasteiger partial charge on any atom is 0.154 e. The number of hydrogen-bond acceptors (Lipinski definition) is 1. The molecule has 0 unspecified atom stereocenters. The normalized spacial score (nSPS) is 12.2. The first-order valence-electron chi connectivity index (χ1n) is 4.43. The van der Waals surface area contributed by atoms with Crippen LogP contribution in [0.5, 0.6) is 0 Å². The Morgan fingerprint density at radius 2 is 2.15 bits per heavy atom. The van der Waals surface area contributed by atoms with Gasteiger partial charge in [0.25, 0.3) is 0 Å². The first-order valence-corrected chi connectivity index (χ1v) is 7.88. The number of aromatic nitrogens is 2. The van der Waals surface area contributed by atoms with Crippen LogP contribution in [0.4, 0.5) is 0 Å². The minimum Gasteiger partial charge on any atom is -0.359 e. The summed E-state index contributed by atoms with van der Waals surface area (Å²) < 4.78 is 2.30. The smallest absolute Gasteiger partial charge is 0.154 e. The van der Waals surface area contributed by atoms with Crippen LogP contribution in [0.2, 0.25) is 19.6 Å². The van der Waals surface area contributed by atoms with Gasteiger partial charge in [0.05, 0.1) is 17.4 Å². The molecule has 0 saturated heterocycles. The minimum absolute atomic E-state index is 0.977. The summed E-state index contributed by atoms with van der Waals surface area (Å²) >= 11 is 0. The van der Waals surface area contributed by atoms with E-state index >= 15 is 0 Å². The van der Waals surface area contributed by atoms with Crippen molar-refractivity contribution < 1.29 is 0 Å². The quantitative estimate of drug-likeness (QED) is 0.630. The summed E-state index contributed by atoms with van der Waals surface area (Å²) in [6, 6.07) is 9.16. The summed E-state index contributed by atoms with van der Waals surface area (Å²) in [5, 5.41) is 0. The second-order valence-electron chi connectivity index (χ2n) is 4.19. The first kappa shape index (κ1) is 8.50. The fraction of sp³-hybridized carbons (Fsp3) is 0.300. The Labute approximate surface area is 79.3 Å². The van der Waals surface area contributed by atoms with E-state index in [4.69, 9.17) is 0 Å². The summed E-state index contributed by atoms with van der Waals surface area (Å²) in [7, 11) is -1.31. The molecule has 1 radical (unpaired) electrons. The van der Waals surface area contributed by atoms with Crippen molar-refractivity contribution in [3.05, 3.63) is 30.6 Å². The molecule has 0 bridgehead atoms. The van der Waals surface area contributed by atoms with Crippen molar-refractivity contribution in [1.29, 1.82) is 0 Å². The molecule has 67 valence electrons. The van der Waals surface area contributed by atoms with Crippen LogP contribution in [0.1, 0.15) is 0 Å². The zero-order valence-corrected chi connectivity index (χ0v) is 9.20. The van der Waals surface area contributed by atoms with E-state index in [1.165, 1.54) is 5.52 Å². The topological polar surface area (TPSA) is 17.8 Å². The van der Waals surface area contributed by atoms with Crippen LogP contribution in [0.15, 0.2) is 24.5 Å². The van der Waals surface area contributed by atoms with Gasteiger partial charge in [0, 0.05) is 6.07 Å². The van der Waals surface area contributed by atoms with Gasteiger partial charge in [-0.2, -0.15) is 0 Å². The lowest BCUT2D eigenvalue weighted by Gasteiger charge is -2.18. The van der Waals surface area contributed by atoms with Crippen LogP contribution in [0.3, 0.4) is 0 Å². The van der Waals surface area contributed by atoms with E-state index in [2.05, 4.69) is 41.0 Å². The molecule has 0 saturated carbocycles. The highest BCUT2D eigenvalue weighted by molar-refractivity contribution is 6.75. The molecule has 13 heavy (non-hydrogen) atoms. The Bertz CT molecular complexity index is 426. The lowest BCUT2D eigenvalue weighted by molar-refractivity contribution is 1.16. The highest BCUT2D eigenvalue weighted by Crippen LogP contribution is 2.16. The molecule has 0 aliphatic carbocycles. The molecule has 1 heterocycles. The van der Waals surface area contributed by atoms with E-state index in [9.17, 15) is 0 Å². The Kier molecular flexibility index (Phi) is 1.77. The molecule has 0 atom stereocenters. The minimum atomic E-state index is -1.31. The number of benzene rings is 1. The van der Waals surface area contributed by atoms with Gasteiger partial charge in [-0.05, 0) is 6.07 Å². The largest absolute Gasteiger partial charge is 0.359 e. The molecule has 3 heteroatoms. The predicted octanol–water partition coefficient (Wildman–Crippen LogP) is 2.52. The number of hydrogen-bond donors (Lipinski definition) is 0. The van der Waals surface area contributed by atoms with Gasteiger partial charge < -0.3 is 4.23 Å². The molecular formula is C10H13N2Si. The maximum atomic E-state index is 4.33. The van der Waals surface area contributed by atoms with E-state index in [0.29, 0.717) is 0 Å². The average molecular weight is 189 g/mol. The molecule has 0 aliphatic heterocycles. The number of para-hydroxylation sites is 1. The molecule has 1 aromatic heterocycles. The molecule has 2 aromatic rings. The molecule has 0 spiro atoms. The van der Waals surface area contributed by atoms with Gasteiger partial charge in [-0.15, -0.1) is 0 Å². The van der Waals surface area contributed by atoms with Crippen LogP contribution in [-0.4, -0.2) is 17.5 Å². The van der Waals surface area contributed by atoms with Gasteiger partial charge in [0.15, 0.2) is 8.24 Å². The van der Waals surface area contributed by atoms with Crippen LogP contribution in [0, 0.1) is 6.07 Å². The zero-order chi connectivity index (χ0) is 9.47. The third kappa shape index (κ3) is 1.39. The third-order valence-corrected chi connectivity index (χ3v) is 3.90. The summed E-state index contributed by atoms with van der Waals surface area (Å²) in [4.78, 5) is 4.33. The lowest BCUT2D eigenvalue weighted by atomic mass is 10.3. The molecule has 2 nitrogen and oxygen atoms in total. The summed E-state index contributed by atoms with van der Waals surface area (Å²) in [6.07, 6.45) is 1.94. The van der Waals surface area contributed by atoms with E-state index < -0.39 is 8.24 Å². The van der Waals surface area contributed by atoms with Crippen LogP contribution in [-0.2, 0) is 0 Å². The third-order valence-electron chi connectivity index (χ3n) is 2.10. The van der Waals surface area contributed by atoms with Gasteiger partial charge >= 0.3 is 0 Å². The van der Waals surface area contributed by atoms with E-state index in [0.717, 1.165) is 5.52 Å². The average Bonchev–Trinajstić information content (AvgIpc) is 2.45. The van der Waals surface area contributed by atoms with Crippen molar-refractivity contribution in [3.8, 4) is 0 Å². The zero-order valence-electron chi connectivity index (χ0n) is 8.20. The Morgan fingerprint density at radius 1 is 1.38 bits per heavy atom. The molecule has 0 amide bonds. The number of fused-ring (bicyclic) bond motifs is 1. The molecule has 1 aromatic carbocycles. The van der Waals surface area contributed by atoms with Crippen LogP contribution < -0.4 is 0 Å². The molecule has 0 aliphatic rings.